The average Bonchev–Trinajstić information content (AvgIpc) is 2.87. The molecule has 0 N–H and O–H groups in total. The van der Waals surface area contributed by atoms with Crippen molar-refractivity contribution in [3.63, 3.8) is 0 Å². The van der Waals surface area contributed by atoms with Gasteiger partial charge in [0.25, 0.3) is 0 Å². The summed E-state index contributed by atoms with van der Waals surface area (Å²) < 4.78 is 4.07. The Morgan fingerprint density at radius 3 is 1.69 bits per heavy atom. The zero-order valence-electron chi connectivity index (χ0n) is 19.6. The van der Waals surface area contributed by atoms with E-state index in [1.165, 1.54) is 22.3 Å². The number of benzene rings is 2. The molecule has 0 saturated heterocycles. The van der Waals surface area contributed by atoms with Crippen molar-refractivity contribution in [3.05, 3.63) is 67.4 Å². The highest BCUT2D eigenvalue weighted by Crippen LogP contribution is 2.60. The summed E-state index contributed by atoms with van der Waals surface area (Å²) in [5.41, 5.74) is 9.03. The van der Waals surface area contributed by atoms with Crippen LogP contribution in [0.5, 0.6) is 0 Å². The zero-order valence-corrected chi connectivity index (χ0v) is 25.9. The fraction of sp³-hybridized carbons (Fsp3) is 0.286. The second-order valence-corrected chi connectivity index (χ2v) is 13.0. The number of allylic oxidation sites excluding steroid dienone is 2. The highest BCUT2D eigenvalue weighted by Gasteiger charge is 2.41. The highest BCUT2D eigenvalue weighted by molar-refractivity contribution is 9.15. The molecule has 0 fully saturated rings. The molecule has 8 heteroatoms. The number of hydrogen-bond donors (Lipinski definition) is 0. The van der Waals surface area contributed by atoms with Gasteiger partial charge in [-0.15, -0.1) is 0 Å². The van der Waals surface area contributed by atoms with Crippen LogP contribution in [0.3, 0.4) is 0 Å². The molecular formula is C28H20Br4N4. The van der Waals surface area contributed by atoms with E-state index in [9.17, 15) is 0 Å². The summed E-state index contributed by atoms with van der Waals surface area (Å²) in [5.74, 6) is 2.08. The third kappa shape index (κ3) is 3.20. The molecule has 2 atom stereocenters. The van der Waals surface area contributed by atoms with Crippen LogP contribution >= 0.6 is 63.7 Å². The van der Waals surface area contributed by atoms with Gasteiger partial charge >= 0.3 is 0 Å². The Morgan fingerprint density at radius 1 is 0.694 bits per heavy atom. The molecule has 4 nitrogen and oxygen atoms in total. The number of fused-ring (bicyclic) bond motifs is 2. The number of aryl methyl sites for hydroxylation is 2. The van der Waals surface area contributed by atoms with E-state index < -0.39 is 0 Å². The second kappa shape index (κ2) is 8.52. The van der Waals surface area contributed by atoms with Crippen LogP contribution in [0.15, 0.2) is 33.2 Å². The molecule has 2 aromatic heterocycles. The van der Waals surface area contributed by atoms with Crippen LogP contribution in [0.25, 0.3) is 41.9 Å². The van der Waals surface area contributed by atoms with E-state index in [-0.39, 0.29) is 11.8 Å². The van der Waals surface area contributed by atoms with Crippen LogP contribution in [-0.2, 0) is 12.8 Å². The van der Waals surface area contributed by atoms with Crippen LogP contribution < -0.4 is 0 Å². The molecule has 0 saturated carbocycles. The van der Waals surface area contributed by atoms with E-state index in [1.807, 2.05) is 0 Å². The van der Waals surface area contributed by atoms with Gasteiger partial charge in [-0.05, 0) is 105 Å². The summed E-state index contributed by atoms with van der Waals surface area (Å²) in [5, 5.41) is 2.29. The molecule has 2 unspecified atom stereocenters. The Balaban J connectivity index is 1.61. The first-order valence-corrected chi connectivity index (χ1v) is 15.4. The van der Waals surface area contributed by atoms with Crippen LogP contribution in [-0.4, -0.2) is 19.9 Å². The molecule has 0 bridgehead atoms. The molecule has 7 rings (SSSR count). The molecule has 36 heavy (non-hydrogen) atoms. The number of nitrogens with zero attached hydrogens (tertiary/aromatic N) is 4. The summed E-state index contributed by atoms with van der Waals surface area (Å²) >= 11 is 15.5. The monoisotopic (exact) mass is 728 g/mol. The van der Waals surface area contributed by atoms with Gasteiger partial charge in [0.2, 0.25) is 0 Å². The van der Waals surface area contributed by atoms with Crippen molar-refractivity contribution in [2.45, 2.75) is 51.4 Å². The zero-order chi connectivity index (χ0) is 24.9. The maximum Gasteiger partial charge on any atom is 0.129 e. The lowest BCUT2D eigenvalue weighted by molar-refractivity contribution is 0.729. The van der Waals surface area contributed by atoms with Crippen molar-refractivity contribution in [1.29, 1.82) is 0 Å². The first-order chi connectivity index (χ1) is 17.4. The van der Waals surface area contributed by atoms with E-state index in [0.29, 0.717) is 0 Å². The minimum atomic E-state index is 0.158. The second-order valence-electron chi connectivity index (χ2n) is 9.60. The molecule has 0 aliphatic heterocycles. The van der Waals surface area contributed by atoms with Gasteiger partial charge in [-0.3, -0.25) is 0 Å². The summed E-state index contributed by atoms with van der Waals surface area (Å²) in [6, 6.07) is 4.50. The molecule has 3 aliphatic rings. The lowest BCUT2D eigenvalue weighted by atomic mass is 9.66. The van der Waals surface area contributed by atoms with Gasteiger partial charge in [0.1, 0.15) is 11.6 Å². The Hall–Kier alpha value is -1.48. The Kier molecular flexibility index (Phi) is 5.59. The van der Waals surface area contributed by atoms with Gasteiger partial charge in [-0.25, -0.2) is 19.9 Å². The number of halogens is 4. The fourth-order valence-electron chi connectivity index (χ4n) is 5.98. The molecule has 180 valence electrons. The quantitative estimate of drug-likeness (QED) is 0.210. The van der Waals surface area contributed by atoms with Crippen molar-refractivity contribution in [2.75, 3.05) is 0 Å². The van der Waals surface area contributed by atoms with E-state index in [2.05, 4.69) is 102 Å². The normalized spacial score (nSPS) is 19.1. The lowest BCUT2D eigenvalue weighted by Gasteiger charge is -2.39. The Bertz CT molecular complexity index is 1720. The number of hydrogen-bond acceptors (Lipinski definition) is 4. The maximum absolute atomic E-state index is 5.04. The summed E-state index contributed by atoms with van der Waals surface area (Å²) in [7, 11) is 0. The highest BCUT2D eigenvalue weighted by atomic mass is 79.9. The number of rotatable bonds is 4. The largest absolute Gasteiger partial charge is 0.232 e. The predicted molar refractivity (Wildman–Crippen MR) is 161 cm³/mol. The van der Waals surface area contributed by atoms with Crippen LogP contribution in [0.1, 0.15) is 72.7 Å². The molecule has 2 aromatic carbocycles. The molecule has 0 radical (unpaired) electrons. The van der Waals surface area contributed by atoms with Crippen molar-refractivity contribution < 1.29 is 0 Å². The van der Waals surface area contributed by atoms with E-state index >= 15 is 0 Å². The predicted octanol–water partition coefficient (Wildman–Crippen LogP) is 9.35. The van der Waals surface area contributed by atoms with E-state index in [0.717, 1.165) is 88.4 Å². The minimum absolute atomic E-state index is 0.158. The third-order valence-corrected chi connectivity index (χ3v) is 10.0. The van der Waals surface area contributed by atoms with Crippen molar-refractivity contribution in [2.24, 2.45) is 0 Å². The van der Waals surface area contributed by atoms with Crippen molar-refractivity contribution in [1.82, 2.24) is 19.9 Å². The van der Waals surface area contributed by atoms with Gasteiger partial charge in [0.15, 0.2) is 0 Å². The van der Waals surface area contributed by atoms with Crippen LogP contribution in [0, 0.1) is 0 Å². The van der Waals surface area contributed by atoms with Gasteiger partial charge in [-0.1, -0.05) is 32.4 Å². The fourth-order valence-corrected chi connectivity index (χ4v) is 8.15. The van der Waals surface area contributed by atoms with Crippen molar-refractivity contribution >= 4 is 94.5 Å². The molecule has 0 spiro atoms. The van der Waals surface area contributed by atoms with Gasteiger partial charge in [0, 0.05) is 53.4 Å². The standard InChI is InChI=1S/C28H20Br4N4/c1-3-5-6-20-35-27-17(31)9-13-11-7-15(29)25-23-21(11)12(8-16(30)26(23)34-19(4-2)33-25)14-10-18(32)28(36-20)24(27)22(13)14/h7-11,13H,3-6H2,1-2H3. The Labute approximate surface area is 242 Å². The van der Waals surface area contributed by atoms with Gasteiger partial charge < -0.3 is 0 Å². The SMILES string of the molecule is CCCCc1nc2c3c4c(cc(Br)c3n1)-c1cc(Br)c3nc(CC)nc5c3c1C(C=C5Br)C4C=C2Br. The van der Waals surface area contributed by atoms with E-state index in [4.69, 9.17) is 19.9 Å². The lowest BCUT2D eigenvalue weighted by Crippen LogP contribution is -2.22. The summed E-state index contributed by atoms with van der Waals surface area (Å²) in [6.07, 6.45) is 8.55. The van der Waals surface area contributed by atoms with Crippen molar-refractivity contribution in [3.8, 4) is 11.1 Å². The Morgan fingerprint density at radius 2 is 1.19 bits per heavy atom. The van der Waals surface area contributed by atoms with Gasteiger partial charge in [-0.2, -0.15) is 0 Å². The molecule has 4 aromatic rings. The molecule has 0 amide bonds. The first-order valence-electron chi connectivity index (χ1n) is 12.2. The number of unbranched alkanes of at least 4 members (excludes halogenated alkanes) is 1. The van der Waals surface area contributed by atoms with E-state index in [1.54, 1.807) is 0 Å². The third-order valence-electron chi connectivity index (χ3n) is 7.54. The average molecular weight is 732 g/mol. The molecule has 2 heterocycles. The summed E-state index contributed by atoms with van der Waals surface area (Å²) in [6.45, 7) is 4.30. The smallest absolute Gasteiger partial charge is 0.129 e. The maximum atomic E-state index is 5.04. The topological polar surface area (TPSA) is 51.6 Å². The minimum Gasteiger partial charge on any atom is -0.232 e. The van der Waals surface area contributed by atoms with Crippen LogP contribution in [0.4, 0.5) is 0 Å². The molecule has 3 aliphatic carbocycles. The van der Waals surface area contributed by atoms with Crippen LogP contribution in [0.2, 0.25) is 0 Å². The molecular weight excluding hydrogens is 712 g/mol. The number of aromatic nitrogens is 4. The first kappa shape index (κ1) is 23.6. The van der Waals surface area contributed by atoms with Gasteiger partial charge in [0.05, 0.1) is 22.4 Å². The summed E-state index contributed by atoms with van der Waals surface area (Å²) in [4.78, 5) is 20.0.